The molecule has 4 nitrogen and oxygen atoms in total. The van der Waals surface area contributed by atoms with Crippen molar-refractivity contribution in [3.8, 4) is 0 Å². The Bertz CT molecular complexity index is 247. The fraction of sp³-hybridized carbons (Fsp3) is 0.950. The number of unbranched alkanes of at least 4 members (excludes halogenated alkanes) is 2. The van der Waals surface area contributed by atoms with Gasteiger partial charge in [-0.2, -0.15) is 0 Å². The summed E-state index contributed by atoms with van der Waals surface area (Å²) in [6.45, 7) is 16.6. The van der Waals surface area contributed by atoms with Gasteiger partial charge in [0.1, 0.15) is 0 Å². The molecule has 1 aliphatic heterocycles. The molecule has 1 heterocycles. The maximum atomic E-state index is 11.5. The molecule has 0 aromatic heterocycles. The third kappa shape index (κ3) is 14.9. The Kier molecular flexibility index (Phi) is 26.3. The first-order valence-corrected chi connectivity index (χ1v) is 10.3. The van der Waals surface area contributed by atoms with Gasteiger partial charge in [-0.3, -0.25) is 4.79 Å². The number of nitrogens with one attached hydrogen (secondary N) is 2. The van der Waals surface area contributed by atoms with Crippen LogP contribution in [0.25, 0.3) is 0 Å². The van der Waals surface area contributed by atoms with E-state index in [0.717, 1.165) is 25.8 Å². The highest BCUT2D eigenvalue weighted by molar-refractivity contribution is 5.81. The standard InChI is InChI=1S/C14H29N3O.3C2H6/c1-4-5-6-10-17(3)11-9-12-7-8-13(16-12)14(18)15-2;3*1-2/h12-13,16H,4-11H2,1-3H3,(H,15,18);3*1-2H3. The van der Waals surface area contributed by atoms with Gasteiger partial charge >= 0.3 is 0 Å². The first-order chi connectivity index (χ1) is 11.7. The lowest BCUT2D eigenvalue weighted by molar-refractivity contribution is -0.122. The van der Waals surface area contributed by atoms with Gasteiger partial charge in [0, 0.05) is 13.1 Å². The lowest BCUT2D eigenvalue weighted by Crippen LogP contribution is -2.42. The van der Waals surface area contributed by atoms with E-state index in [0.29, 0.717) is 6.04 Å². The van der Waals surface area contributed by atoms with Crippen LogP contribution in [0.5, 0.6) is 0 Å². The van der Waals surface area contributed by atoms with E-state index >= 15 is 0 Å². The summed E-state index contributed by atoms with van der Waals surface area (Å²) in [5, 5.41) is 6.14. The zero-order chi connectivity index (χ0) is 19.4. The van der Waals surface area contributed by atoms with E-state index in [1.54, 1.807) is 7.05 Å². The fourth-order valence-electron chi connectivity index (χ4n) is 2.55. The van der Waals surface area contributed by atoms with Gasteiger partial charge in [0.15, 0.2) is 0 Å². The zero-order valence-electron chi connectivity index (χ0n) is 18.2. The Morgan fingerprint density at radius 2 is 1.62 bits per heavy atom. The molecule has 1 rings (SSSR count). The second-order valence-corrected chi connectivity index (χ2v) is 5.41. The van der Waals surface area contributed by atoms with Crippen LogP contribution in [-0.2, 0) is 4.79 Å². The maximum absolute atomic E-state index is 11.5. The molecule has 0 spiro atoms. The van der Waals surface area contributed by atoms with Crippen LogP contribution in [0.4, 0.5) is 0 Å². The number of likely N-dealkylation sites (N-methyl/N-ethyl adjacent to an activating group) is 1. The SMILES string of the molecule is CC.CC.CC.CCCCCN(C)CCC1CCC(C(=O)NC)N1. The van der Waals surface area contributed by atoms with E-state index in [1.807, 2.05) is 41.5 Å². The van der Waals surface area contributed by atoms with Crippen LogP contribution >= 0.6 is 0 Å². The van der Waals surface area contributed by atoms with Gasteiger partial charge < -0.3 is 15.5 Å². The van der Waals surface area contributed by atoms with Crippen molar-refractivity contribution < 1.29 is 4.79 Å². The monoisotopic (exact) mass is 345 g/mol. The highest BCUT2D eigenvalue weighted by Gasteiger charge is 2.27. The Balaban J connectivity index is -0.000000659. The Morgan fingerprint density at radius 1 is 1.04 bits per heavy atom. The Labute approximate surface area is 153 Å². The molecule has 0 aromatic carbocycles. The molecule has 4 heteroatoms. The minimum atomic E-state index is 0.0328. The van der Waals surface area contributed by atoms with E-state index < -0.39 is 0 Å². The van der Waals surface area contributed by atoms with Crippen LogP contribution in [0, 0.1) is 0 Å². The average Bonchev–Trinajstić information content (AvgIpc) is 3.13. The normalized spacial score (nSPS) is 18.4. The van der Waals surface area contributed by atoms with Crippen LogP contribution in [0.1, 0.15) is 87.0 Å². The minimum absolute atomic E-state index is 0.0328. The molecule has 0 aromatic rings. The quantitative estimate of drug-likeness (QED) is 0.639. The van der Waals surface area contributed by atoms with E-state index in [9.17, 15) is 4.79 Å². The van der Waals surface area contributed by atoms with Crippen LogP contribution < -0.4 is 10.6 Å². The van der Waals surface area contributed by atoms with Crippen LogP contribution in [0.15, 0.2) is 0 Å². The van der Waals surface area contributed by atoms with Crippen molar-refractivity contribution >= 4 is 5.91 Å². The van der Waals surface area contributed by atoms with Gasteiger partial charge in [0.25, 0.3) is 0 Å². The molecule has 0 bridgehead atoms. The van der Waals surface area contributed by atoms with Gasteiger partial charge in [-0.05, 0) is 45.8 Å². The highest BCUT2D eigenvalue weighted by Crippen LogP contribution is 2.15. The number of hydrogen-bond acceptors (Lipinski definition) is 3. The summed E-state index contributed by atoms with van der Waals surface area (Å²) in [5.74, 6) is 0.133. The van der Waals surface area contributed by atoms with Crippen LogP contribution in [0.2, 0.25) is 0 Å². The Hall–Kier alpha value is -0.610. The maximum Gasteiger partial charge on any atom is 0.236 e. The smallest absolute Gasteiger partial charge is 0.236 e. The molecule has 2 unspecified atom stereocenters. The largest absolute Gasteiger partial charge is 0.358 e. The van der Waals surface area contributed by atoms with E-state index in [-0.39, 0.29) is 11.9 Å². The molecule has 1 fully saturated rings. The molecule has 2 N–H and O–H groups in total. The van der Waals surface area contributed by atoms with Gasteiger partial charge in [-0.25, -0.2) is 0 Å². The lowest BCUT2D eigenvalue weighted by atomic mass is 10.1. The molecule has 0 aliphatic carbocycles. The van der Waals surface area contributed by atoms with Gasteiger partial charge in [0.05, 0.1) is 6.04 Å². The number of nitrogens with zero attached hydrogens (tertiary/aromatic N) is 1. The average molecular weight is 346 g/mol. The molecule has 1 aliphatic rings. The second kappa shape index (κ2) is 22.4. The minimum Gasteiger partial charge on any atom is -0.358 e. The number of hydrogen-bond donors (Lipinski definition) is 2. The summed E-state index contributed by atoms with van der Waals surface area (Å²) >= 11 is 0. The summed E-state index contributed by atoms with van der Waals surface area (Å²) in [5.41, 5.74) is 0. The van der Waals surface area contributed by atoms with Crippen molar-refractivity contribution in [1.82, 2.24) is 15.5 Å². The van der Waals surface area contributed by atoms with Gasteiger partial charge in [-0.15, -0.1) is 0 Å². The van der Waals surface area contributed by atoms with Crippen molar-refractivity contribution in [2.75, 3.05) is 27.2 Å². The number of carbonyl (C=O) groups is 1. The number of rotatable bonds is 8. The molecular formula is C20H47N3O. The first kappa shape index (κ1) is 28.2. The number of carbonyl (C=O) groups excluding carboxylic acids is 1. The van der Waals surface area contributed by atoms with Crippen LogP contribution in [0.3, 0.4) is 0 Å². The third-order valence-electron chi connectivity index (χ3n) is 3.81. The summed E-state index contributed by atoms with van der Waals surface area (Å²) in [4.78, 5) is 13.9. The van der Waals surface area contributed by atoms with Crippen LogP contribution in [-0.4, -0.2) is 50.1 Å². The zero-order valence-corrected chi connectivity index (χ0v) is 18.2. The molecule has 1 amide bonds. The highest BCUT2D eigenvalue weighted by atomic mass is 16.2. The van der Waals surface area contributed by atoms with E-state index in [4.69, 9.17) is 0 Å². The summed E-state index contributed by atoms with van der Waals surface area (Å²) in [6.07, 6.45) is 7.16. The predicted molar refractivity (Wildman–Crippen MR) is 110 cm³/mol. The Morgan fingerprint density at radius 3 is 2.12 bits per heavy atom. The molecule has 2 atom stereocenters. The van der Waals surface area contributed by atoms with E-state index in [2.05, 4.69) is 29.5 Å². The van der Waals surface area contributed by atoms with Crippen molar-refractivity contribution in [2.24, 2.45) is 0 Å². The van der Waals surface area contributed by atoms with Gasteiger partial charge in [0.2, 0.25) is 5.91 Å². The molecule has 148 valence electrons. The van der Waals surface area contributed by atoms with Crippen molar-refractivity contribution in [1.29, 1.82) is 0 Å². The summed E-state index contributed by atoms with van der Waals surface area (Å²) in [6, 6.07) is 0.548. The molecule has 0 radical (unpaired) electrons. The van der Waals surface area contributed by atoms with Crippen molar-refractivity contribution in [3.63, 3.8) is 0 Å². The second-order valence-electron chi connectivity index (χ2n) is 5.41. The molecule has 0 saturated carbocycles. The molecule has 24 heavy (non-hydrogen) atoms. The topological polar surface area (TPSA) is 44.4 Å². The van der Waals surface area contributed by atoms with E-state index in [1.165, 1.54) is 25.8 Å². The van der Waals surface area contributed by atoms with Crippen molar-refractivity contribution in [2.45, 2.75) is 99.1 Å². The summed E-state index contributed by atoms with van der Waals surface area (Å²) in [7, 11) is 3.90. The van der Waals surface area contributed by atoms with Gasteiger partial charge in [-0.1, -0.05) is 61.3 Å². The number of amides is 1. The third-order valence-corrected chi connectivity index (χ3v) is 3.81. The predicted octanol–water partition coefficient (Wildman–Crippen LogP) is 4.44. The lowest BCUT2D eigenvalue weighted by Gasteiger charge is -2.19. The fourth-order valence-corrected chi connectivity index (χ4v) is 2.55. The molecular weight excluding hydrogens is 298 g/mol. The summed E-state index contributed by atoms with van der Waals surface area (Å²) < 4.78 is 0. The van der Waals surface area contributed by atoms with Crippen molar-refractivity contribution in [3.05, 3.63) is 0 Å². The first-order valence-electron chi connectivity index (χ1n) is 10.3. The molecule has 1 saturated heterocycles.